The fraction of sp³-hybridized carbons (Fsp3) is 0.667. The van der Waals surface area contributed by atoms with Crippen LogP contribution in [-0.2, 0) is 20.0 Å². The molecule has 0 bridgehead atoms. The Morgan fingerprint density at radius 1 is 1.30 bits per heavy atom. The van der Waals surface area contributed by atoms with E-state index in [4.69, 9.17) is 4.52 Å². The van der Waals surface area contributed by atoms with Crippen LogP contribution in [0, 0.1) is 0 Å². The molecular formula is C18H32IN7O. The molecule has 0 aliphatic heterocycles. The molecule has 0 fully saturated rings. The van der Waals surface area contributed by atoms with Gasteiger partial charge in [0.25, 0.3) is 0 Å². The number of aryl methyl sites for hydroxylation is 1. The Balaban J connectivity index is 0.00000364. The quantitative estimate of drug-likeness (QED) is 0.366. The first kappa shape index (κ1) is 23.4. The highest BCUT2D eigenvalue weighted by molar-refractivity contribution is 14.0. The van der Waals surface area contributed by atoms with Gasteiger partial charge in [-0.15, -0.1) is 24.0 Å². The molecule has 0 unspecified atom stereocenters. The van der Waals surface area contributed by atoms with Crippen molar-refractivity contribution in [1.29, 1.82) is 0 Å². The van der Waals surface area contributed by atoms with Gasteiger partial charge >= 0.3 is 0 Å². The summed E-state index contributed by atoms with van der Waals surface area (Å²) in [7, 11) is 5.77. The smallest absolute Gasteiger partial charge is 0.228 e. The molecule has 152 valence electrons. The summed E-state index contributed by atoms with van der Waals surface area (Å²) < 4.78 is 7.15. The lowest BCUT2D eigenvalue weighted by molar-refractivity contribution is 0.370. The van der Waals surface area contributed by atoms with Gasteiger partial charge in [0.1, 0.15) is 0 Å². The zero-order chi connectivity index (χ0) is 19.3. The summed E-state index contributed by atoms with van der Waals surface area (Å²) in [5, 5.41) is 11.9. The lowest BCUT2D eigenvalue weighted by Crippen LogP contribution is -2.39. The Morgan fingerprint density at radius 3 is 2.56 bits per heavy atom. The predicted molar refractivity (Wildman–Crippen MR) is 118 cm³/mol. The van der Waals surface area contributed by atoms with Gasteiger partial charge in [0.05, 0.1) is 5.69 Å². The van der Waals surface area contributed by atoms with Crippen molar-refractivity contribution in [2.24, 2.45) is 12.0 Å². The number of nitrogens with one attached hydrogen (secondary N) is 1. The Kier molecular flexibility index (Phi) is 9.20. The summed E-state index contributed by atoms with van der Waals surface area (Å²) in [6.07, 6.45) is 2.74. The molecule has 0 atom stereocenters. The van der Waals surface area contributed by atoms with Crippen LogP contribution in [0.4, 0.5) is 0 Å². The van der Waals surface area contributed by atoms with Crippen molar-refractivity contribution >= 4 is 29.9 Å². The van der Waals surface area contributed by atoms with Crippen LogP contribution in [0.2, 0.25) is 0 Å². The van der Waals surface area contributed by atoms with Crippen LogP contribution in [0.5, 0.6) is 0 Å². The van der Waals surface area contributed by atoms with Crippen LogP contribution in [0.25, 0.3) is 0 Å². The van der Waals surface area contributed by atoms with Gasteiger partial charge in [-0.3, -0.25) is 9.67 Å². The van der Waals surface area contributed by atoms with Gasteiger partial charge in [-0.2, -0.15) is 10.1 Å². The summed E-state index contributed by atoms with van der Waals surface area (Å²) in [6, 6.07) is 0. The van der Waals surface area contributed by atoms with Crippen molar-refractivity contribution in [1.82, 2.24) is 30.1 Å². The van der Waals surface area contributed by atoms with E-state index in [1.165, 1.54) is 5.56 Å². The number of hydrogen-bond acceptors (Lipinski definition) is 5. The molecule has 2 aromatic heterocycles. The minimum atomic E-state index is 0. The third-order valence-electron chi connectivity index (χ3n) is 4.09. The zero-order valence-corrected chi connectivity index (χ0v) is 19.7. The van der Waals surface area contributed by atoms with Crippen LogP contribution >= 0.6 is 24.0 Å². The van der Waals surface area contributed by atoms with Crippen molar-refractivity contribution in [3.8, 4) is 0 Å². The third-order valence-corrected chi connectivity index (χ3v) is 4.09. The highest BCUT2D eigenvalue weighted by Gasteiger charge is 2.15. The Morgan fingerprint density at radius 2 is 2.00 bits per heavy atom. The Bertz CT molecular complexity index is 736. The Hall–Kier alpha value is -1.65. The van der Waals surface area contributed by atoms with Gasteiger partial charge in [0.2, 0.25) is 5.89 Å². The maximum atomic E-state index is 5.28. The molecule has 0 aliphatic rings. The van der Waals surface area contributed by atoms with E-state index in [-0.39, 0.29) is 29.9 Å². The van der Waals surface area contributed by atoms with Crippen LogP contribution in [0.15, 0.2) is 15.7 Å². The summed E-state index contributed by atoms with van der Waals surface area (Å²) >= 11 is 0. The van der Waals surface area contributed by atoms with Gasteiger partial charge in [0.15, 0.2) is 11.8 Å². The molecule has 2 aromatic rings. The lowest BCUT2D eigenvalue weighted by Gasteiger charge is -2.22. The minimum Gasteiger partial charge on any atom is -0.356 e. The van der Waals surface area contributed by atoms with E-state index in [0.717, 1.165) is 24.0 Å². The van der Waals surface area contributed by atoms with E-state index in [0.29, 0.717) is 24.8 Å². The number of rotatable bonds is 7. The molecule has 0 saturated carbocycles. The average molecular weight is 489 g/mol. The van der Waals surface area contributed by atoms with Crippen LogP contribution in [0.3, 0.4) is 0 Å². The lowest BCUT2D eigenvalue weighted by atomic mass is 10.1. The maximum absolute atomic E-state index is 5.28. The molecule has 0 spiro atoms. The number of aromatic nitrogens is 4. The fourth-order valence-electron chi connectivity index (χ4n) is 2.76. The first-order valence-electron chi connectivity index (χ1n) is 9.08. The summed E-state index contributed by atoms with van der Waals surface area (Å²) in [6.45, 7) is 9.85. The number of aliphatic imine (C=N–C) groups is 1. The van der Waals surface area contributed by atoms with Gasteiger partial charge < -0.3 is 14.7 Å². The van der Waals surface area contributed by atoms with E-state index >= 15 is 0 Å². The van der Waals surface area contributed by atoms with Gasteiger partial charge in [-0.1, -0.05) is 32.9 Å². The fourth-order valence-corrected chi connectivity index (χ4v) is 2.76. The molecule has 9 heteroatoms. The van der Waals surface area contributed by atoms with E-state index in [2.05, 4.69) is 50.5 Å². The predicted octanol–water partition coefficient (Wildman–Crippen LogP) is 2.92. The summed E-state index contributed by atoms with van der Waals surface area (Å²) in [4.78, 5) is 10.9. The maximum Gasteiger partial charge on any atom is 0.228 e. The molecule has 0 aromatic carbocycles. The van der Waals surface area contributed by atoms with Crippen molar-refractivity contribution in [2.45, 2.75) is 52.5 Å². The van der Waals surface area contributed by atoms with Crippen molar-refractivity contribution in [3.05, 3.63) is 29.2 Å². The molecule has 0 saturated heterocycles. The SMILES string of the molecule is CN=C(NCCc1nc(C(C)C)no1)N(C)Cc1cn(C)nc1C(C)C.I. The first-order valence-corrected chi connectivity index (χ1v) is 9.08. The van der Waals surface area contributed by atoms with Crippen LogP contribution in [-0.4, -0.2) is 51.4 Å². The standard InChI is InChI=1S/C18H31N7O.HI/c1-12(2)16-14(11-25(7)22-16)10-24(6)18(19-5)20-9-8-15-21-17(13(3)4)23-26-15;/h11-13H,8-10H2,1-7H3,(H,19,20);1H. The van der Waals surface area contributed by atoms with E-state index in [9.17, 15) is 0 Å². The zero-order valence-electron chi connectivity index (χ0n) is 17.4. The molecule has 2 rings (SSSR count). The number of halogens is 1. The van der Waals surface area contributed by atoms with Crippen molar-refractivity contribution in [2.75, 3.05) is 20.6 Å². The van der Waals surface area contributed by atoms with E-state index in [1.54, 1.807) is 7.05 Å². The third kappa shape index (κ3) is 6.47. The molecule has 1 N–H and O–H groups in total. The molecule has 0 amide bonds. The van der Waals surface area contributed by atoms with Crippen LogP contribution in [0.1, 0.15) is 62.5 Å². The topological polar surface area (TPSA) is 84.4 Å². The Labute approximate surface area is 178 Å². The monoisotopic (exact) mass is 489 g/mol. The largest absolute Gasteiger partial charge is 0.356 e. The number of hydrogen-bond donors (Lipinski definition) is 1. The van der Waals surface area contributed by atoms with Gasteiger partial charge in [-0.25, -0.2) is 0 Å². The highest BCUT2D eigenvalue weighted by atomic mass is 127. The van der Waals surface area contributed by atoms with Crippen molar-refractivity contribution in [3.63, 3.8) is 0 Å². The second-order valence-electron chi connectivity index (χ2n) is 7.15. The van der Waals surface area contributed by atoms with Crippen LogP contribution < -0.4 is 5.32 Å². The van der Waals surface area contributed by atoms with E-state index < -0.39 is 0 Å². The first-order chi connectivity index (χ1) is 12.3. The molecule has 0 radical (unpaired) electrons. The molecule has 2 heterocycles. The van der Waals surface area contributed by atoms with Gasteiger partial charge in [0, 0.05) is 58.3 Å². The summed E-state index contributed by atoms with van der Waals surface area (Å²) in [5.74, 6) is 2.89. The number of nitrogens with zero attached hydrogens (tertiary/aromatic N) is 6. The van der Waals surface area contributed by atoms with Crippen molar-refractivity contribution < 1.29 is 4.52 Å². The number of guanidine groups is 1. The van der Waals surface area contributed by atoms with E-state index in [1.807, 2.05) is 32.6 Å². The minimum absolute atomic E-state index is 0. The second kappa shape index (κ2) is 10.6. The average Bonchev–Trinajstić information content (AvgIpc) is 3.18. The normalized spacial score (nSPS) is 11.8. The summed E-state index contributed by atoms with van der Waals surface area (Å²) in [5.41, 5.74) is 2.34. The second-order valence-corrected chi connectivity index (χ2v) is 7.15. The molecule has 27 heavy (non-hydrogen) atoms. The molecular weight excluding hydrogens is 457 g/mol. The highest BCUT2D eigenvalue weighted by Crippen LogP contribution is 2.18. The van der Waals surface area contributed by atoms with Gasteiger partial charge in [-0.05, 0) is 5.92 Å². The molecule has 8 nitrogen and oxygen atoms in total. The molecule has 0 aliphatic carbocycles.